The van der Waals surface area contributed by atoms with Crippen LogP contribution in [0.15, 0.2) is 18.2 Å². The molecule has 1 aliphatic rings. The molecule has 0 aliphatic carbocycles. The summed E-state index contributed by atoms with van der Waals surface area (Å²) in [5.41, 5.74) is -1.17. The summed E-state index contributed by atoms with van der Waals surface area (Å²) in [7, 11) is 1.44. The molecule has 2 atom stereocenters. The van der Waals surface area contributed by atoms with Crippen LogP contribution in [0.25, 0.3) is 0 Å². The average molecular weight is 295 g/mol. The Morgan fingerprint density at radius 1 is 1.48 bits per heavy atom. The molecule has 1 aromatic rings. The van der Waals surface area contributed by atoms with E-state index in [4.69, 9.17) is 9.47 Å². The Labute approximate surface area is 121 Å². The van der Waals surface area contributed by atoms with Crippen molar-refractivity contribution in [3.63, 3.8) is 0 Å². The van der Waals surface area contributed by atoms with E-state index in [1.165, 1.54) is 32.2 Å². The quantitative estimate of drug-likeness (QED) is 0.752. The zero-order valence-corrected chi connectivity index (χ0v) is 11.8. The van der Waals surface area contributed by atoms with Gasteiger partial charge in [0.25, 0.3) is 5.91 Å². The number of methoxy groups -OCH3 is 1. The van der Waals surface area contributed by atoms with Gasteiger partial charge in [0.15, 0.2) is 0 Å². The summed E-state index contributed by atoms with van der Waals surface area (Å²) in [5.74, 6) is -1.40. The van der Waals surface area contributed by atoms with E-state index < -0.39 is 23.3 Å². The first kappa shape index (κ1) is 15.1. The number of phenols is 1. The van der Waals surface area contributed by atoms with Crippen LogP contribution in [0.4, 0.5) is 0 Å². The SMILES string of the molecule is COc1ccc(O)c(C(=O)NC2COCC2(C)C(=O)O)c1. The summed E-state index contributed by atoms with van der Waals surface area (Å²) in [6, 6.07) is 3.58. The molecule has 0 spiro atoms. The fourth-order valence-electron chi connectivity index (χ4n) is 2.15. The molecule has 2 unspecified atom stereocenters. The minimum atomic E-state index is -1.19. The van der Waals surface area contributed by atoms with Gasteiger partial charge in [-0.1, -0.05) is 0 Å². The van der Waals surface area contributed by atoms with Crippen LogP contribution in [0, 0.1) is 5.41 Å². The standard InChI is InChI=1S/C14H17NO6/c1-14(13(18)19)7-21-6-11(14)15-12(17)9-5-8(20-2)3-4-10(9)16/h3-5,11,16H,6-7H2,1-2H3,(H,15,17)(H,18,19). The maximum Gasteiger partial charge on any atom is 0.313 e. The molecule has 21 heavy (non-hydrogen) atoms. The molecule has 7 heteroatoms. The molecule has 1 amide bonds. The molecule has 2 rings (SSSR count). The minimum Gasteiger partial charge on any atom is -0.507 e. The van der Waals surface area contributed by atoms with Crippen LogP contribution in [0.3, 0.4) is 0 Å². The highest BCUT2D eigenvalue weighted by Crippen LogP contribution is 2.30. The molecular formula is C14H17NO6. The van der Waals surface area contributed by atoms with Gasteiger partial charge in [-0.05, 0) is 25.1 Å². The molecule has 0 radical (unpaired) electrons. The van der Waals surface area contributed by atoms with E-state index in [9.17, 15) is 19.8 Å². The van der Waals surface area contributed by atoms with Crippen molar-refractivity contribution >= 4 is 11.9 Å². The second-order valence-corrected chi connectivity index (χ2v) is 5.15. The van der Waals surface area contributed by atoms with Crippen LogP contribution in [0.2, 0.25) is 0 Å². The monoisotopic (exact) mass is 295 g/mol. The van der Waals surface area contributed by atoms with Crippen molar-refractivity contribution in [2.45, 2.75) is 13.0 Å². The van der Waals surface area contributed by atoms with Crippen LogP contribution in [0.1, 0.15) is 17.3 Å². The van der Waals surface area contributed by atoms with Gasteiger partial charge >= 0.3 is 5.97 Å². The van der Waals surface area contributed by atoms with Gasteiger partial charge in [0.1, 0.15) is 16.9 Å². The van der Waals surface area contributed by atoms with Crippen molar-refractivity contribution < 1.29 is 29.3 Å². The van der Waals surface area contributed by atoms with E-state index in [2.05, 4.69) is 5.32 Å². The van der Waals surface area contributed by atoms with E-state index in [0.29, 0.717) is 5.75 Å². The fraction of sp³-hybridized carbons (Fsp3) is 0.429. The average Bonchev–Trinajstić information content (AvgIpc) is 2.82. The Kier molecular flexibility index (Phi) is 4.04. The molecular weight excluding hydrogens is 278 g/mol. The Balaban J connectivity index is 2.20. The Morgan fingerprint density at radius 3 is 2.81 bits per heavy atom. The lowest BCUT2D eigenvalue weighted by atomic mass is 9.85. The van der Waals surface area contributed by atoms with Crippen LogP contribution in [-0.4, -0.2) is 48.5 Å². The lowest BCUT2D eigenvalue weighted by Gasteiger charge is -2.25. The van der Waals surface area contributed by atoms with Crippen molar-refractivity contribution in [2.24, 2.45) is 5.41 Å². The number of carboxylic acid groups (broad SMARTS) is 1. The molecule has 1 heterocycles. The normalized spacial score (nSPS) is 24.6. The van der Waals surface area contributed by atoms with Crippen LogP contribution < -0.4 is 10.1 Å². The lowest BCUT2D eigenvalue weighted by Crippen LogP contribution is -2.49. The van der Waals surface area contributed by atoms with E-state index in [1.54, 1.807) is 0 Å². The molecule has 0 bridgehead atoms. The summed E-state index contributed by atoms with van der Waals surface area (Å²) < 4.78 is 10.2. The zero-order valence-electron chi connectivity index (χ0n) is 11.8. The number of aliphatic carboxylic acids is 1. The molecule has 1 fully saturated rings. The van der Waals surface area contributed by atoms with E-state index in [1.807, 2.05) is 0 Å². The van der Waals surface area contributed by atoms with E-state index >= 15 is 0 Å². The number of ether oxygens (including phenoxy) is 2. The first-order valence-corrected chi connectivity index (χ1v) is 6.37. The van der Waals surface area contributed by atoms with Gasteiger partial charge in [0.05, 0.1) is 31.9 Å². The minimum absolute atomic E-state index is 0.0222. The van der Waals surface area contributed by atoms with Gasteiger partial charge in [-0.15, -0.1) is 0 Å². The zero-order chi connectivity index (χ0) is 15.6. The van der Waals surface area contributed by atoms with Gasteiger partial charge in [0.2, 0.25) is 0 Å². The number of carboxylic acids is 1. The number of aromatic hydroxyl groups is 1. The number of hydrogen-bond acceptors (Lipinski definition) is 5. The van der Waals surface area contributed by atoms with Crippen LogP contribution in [0.5, 0.6) is 11.5 Å². The molecule has 114 valence electrons. The number of phenolic OH excluding ortho intramolecular Hbond substituents is 1. The topological polar surface area (TPSA) is 105 Å². The van der Waals surface area contributed by atoms with Gasteiger partial charge in [-0.25, -0.2) is 0 Å². The Morgan fingerprint density at radius 2 is 2.19 bits per heavy atom. The van der Waals surface area contributed by atoms with Crippen molar-refractivity contribution in [3.8, 4) is 11.5 Å². The predicted octanol–water partition coefficient (Wildman–Crippen LogP) is 0.620. The number of benzene rings is 1. The third kappa shape index (κ3) is 2.78. The summed E-state index contributed by atoms with van der Waals surface area (Å²) in [6.07, 6.45) is 0. The number of carbonyl (C=O) groups is 2. The van der Waals surface area contributed by atoms with Crippen molar-refractivity contribution in [1.82, 2.24) is 5.32 Å². The van der Waals surface area contributed by atoms with Gasteiger partial charge < -0.3 is 25.0 Å². The number of nitrogens with one attached hydrogen (secondary N) is 1. The maximum atomic E-state index is 12.2. The van der Waals surface area contributed by atoms with Crippen LogP contribution >= 0.6 is 0 Å². The van der Waals surface area contributed by atoms with Crippen molar-refractivity contribution in [2.75, 3.05) is 20.3 Å². The first-order chi connectivity index (χ1) is 9.88. The number of rotatable bonds is 4. The molecule has 1 saturated heterocycles. The summed E-state index contributed by atoms with van der Waals surface area (Å²) in [5, 5.41) is 21.6. The second-order valence-electron chi connectivity index (χ2n) is 5.15. The van der Waals surface area contributed by atoms with Crippen molar-refractivity contribution in [1.29, 1.82) is 0 Å². The molecule has 7 nitrogen and oxygen atoms in total. The van der Waals surface area contributed by atoms with E-state index in [0.717, 1.165) is 0 Å². The Bertz CT molecular complexity index is 573. The smallest absolute Gasteiger partial charge is 0.313 e. The third-order valence-corrected chi connectivity index (χ3v) is 3.70. The number of amides is 1. The number of hydrogen-bond donors (Lipinski definition) is 3. The fourth-order valence-corrected chi connectivity index (χ4v) is 2.15. The second kappa shape index (κ2) is 5.61. The number of carbonyl (C=O) groups excluding carboxylic acids is 1. The van der Waals surface area contributed by atoms with Crippen LogP contribution in [-0.2, 0) is 9.53 Å². The van der Waals surface area contributed by atoms with Gasteiger partial charge in [-0.2, -0.15) is 0 Å². The Hall–Kier alpha value is -2.28. The van der Waals surface area contributed by atoms with Gasteiger partial charge in [-0.3, -0.25) is 9.59 Å². The summed E-state index contributed by atoms with van der Waals surface area (Å²) >= 11 is 0. The third-order valence-electron chi connectivity index (χ3n) is 3.70. The molecule has 1 aliphatic heterocycles. The maximum absolute atomic E-state index is 12.2. The molecule has 0 saturated carbocycles. The summed E-state index contributed by atoms with van der Waals surface area (Å²) in [4.78, 5) is 23.5. The van der Waals surface area contributed by atoms with E-state index in [-0.39, 0.29) is 24.5 Å². The highest BCUT2D eigenvalue weighted by Gasteiger charge is 2.47. The predicted molar refractivity (Wildman–Crippen MR) is 72.5 cm³/mol. The first-order valence-electron chi connectivity index (χ1n) is 6.37. The highest BCUT2D eigenvalue weighted by molar-refractivity contribution is 5.97. The molecule has 3 N–H and O–H groups in total. The molecule has 0 aromatic heterocycles. The summed E-state index contributed by atoms with van der Waals surface area (Å²) in [6.45, 7) is 1.65. The highest BCUT2D eigenvalue weighted by atomic mass is 16.5. The van der Waals surface area contributed by atoms with Crippen molar-refractivity contribution in [3.05, 3.63) is 23.8 Å². The molecule has 1 aromatic carbocycles. The largest absolute Gasteiger partial charge is 0.507 e. The van der Waals surface area contributed by atoms with Gasteiger partial charge in [0, 0.05) is 0 Å². The lowest BCUT2D eigenvalue weighted by molar-refractivity contribution is -0.148.